The van der Waals surface area contributed by atoms with Gasteiger partial charge in [-0.05, 0) is 13.8 Å². The van der Waals surface area contributed by atoms with Gasteiger partial charge in [0.15, 0.2) is 0 Å². The fraction of sp³-hybridized carbons (Fsp3) is 0.333. The highest BCUT2D eigenvalue weighted by atomic mass is 16.1. The zero-order valence-corrected chi connectivity index (χ0v) is 10.6. The average Bonchev–Trinajstić information content (AvgIpc) is 2.62. The first-order valence-corrected chi connectivity index (χ1v) is 5.63. The van der Waals surface area contributed by atoms with Crippen molar-refractivity contribution >= 4 is 5.91 Å². The highest BCUT2D eigenvalue weighted by Gasteiger charge is 2.16. The Morgan fingerprint density at radius 2 is 2.17 bits per heavy atom. The minimum Gasteiger partial charge on any atom is -0.346 e. The van der Waals surface area contributed by atoms with Gasteiger partial charge in [-0.3, -0.25) is 19.4 Å². The number of aromatic nitrogens is 4. The zero-order valence-electron chi connectivity index (χ0n) is 10.6. The highest BCUT2D eigenvalue weighted by molar-refractivity contribution is 5.96. The van der Waals surface area contributed by atoms with Crippen LogP contribution in [0.25, 0.3) is 0 Å². The maximum atomic E-state index is 12.1. The Morgan fingerprint density at radius 3 is 2.72 bits per heavy atom. The normalized spacial score (nSPS) is 10.4. The van der Waals surface area contributed by atoms with E-state index in [-0.39, 0.29) is 5.91 Å². The van der Waals surface area contributed by atoms with Crippen molar-refractivity contribution < 1.29 is 4.79 Å². The largest absolute Gasteiger partial charge is 0.346 e. The van der Waals surface area contributed by atoms with Gasteiger partial charge in [0.2, 0.25) is 0 Å². The summed E-state index contributed by atoms with van der Waals surface area (Å²) in [5.41, 5.74) is 2.93. The van der Waals surface area contributed by atoms with Crippen LogP contribution in [0.15, 0.2) is 18.6 Å². The monoisotopic (exact) mass is 245 g/mol. The molecule has 0 aliphatic carbocycles. The van der Waals surface area contributed by atoms with Crippen LogP contribution in [0, 0.1) is 13.8 Å². The topological polar surface area (TPSA) is 72.7 Å². The quantitative estimate of drug-likeness (QED) is 0.866. The van der Waals surface area contributed by atoms with Gasteiger partial charge in [-0.25, -0.2) is 0 Å². The van der Waals surface area contributed by atoms with Crippen LogP contribution in [0.5, 0.6) is 0 Å². The number of nitrogens with zero attached hydrogens (tertiary/aromatic N) is 4. The van der Waals surface area contributed by atoms with Crippen molar-refractivity contribution in [1.82, 2.24) is 25.1 Å². The van der Waals surface area contributed by atoms with Gasteiger partial charge in [0, 0.05) is 25.1 Å². The van der Waals surface area contributed by atoms with Crippen LogP contribution in [-0.2, 0) is 13.6 Å². The summed E-state index contributed by atoms with van der Waals surface area (Å²) < 4.78 is 1.70. The third-order valence-corrected chi connectivity index (χ3v) is 2.78. The highest BCUT2D eigenvalue weighted by Crippen LogP contribution is 2.11. The standard InChI is InChI=1S/C12H15N5O/c1-8-11(9(2)17(3)16-8)12(18)15-7-10-6-13-4-5-14-10/h4-6H,7H2,1-3H3,(H,15,18). The lowest BCUT2D eigenvalue weighted by molar-refractivity contribution is 0.0949. The van der Waals surface area contributed by atoms with Crippen LogP contribution >= 0.6 is 0 Å². The Kier molecular flexibility index (Phi) is 3.36. The maximum Gasteiger partial charge on any atom is 0.255 e. The van der Waals surface area contributed by atoms with Crippen LogP contribution in [0.1, 0.15) is 27.4 Å². The minimum absolute atomic E-state index is 0.135. The Morgan fingerprint density at radius 1 is 1.39 bits per heavy atom. The molecule has 6 heteroatoms. The lowest BCUT2D eigenvalue weighted by Gasteiger charge is -2.04. The fourth-order valence-electron chi connectivity index (χ4n) is 1.78. The Labute approximate surface area is 105 Å². The van der Waals surface area contributed by atoms with Gasteiger partial charge in [0.1, 0.15) is 0 Å². The summed E-state index contributed by atoms with van der Waals surface area (Å²) >= 11 is 0. The molecule has 0 fully saturated rings. The van der Waals surface area contributed by atoms with E-state index in [9.17, 15) is 4.79 Å². The summed E-state index contributed by atoms with van der Waals surface area (Å²) in [5, 5.41) is 7.03. The van der Waals surface area contributed by atoms with Gasteiger partial charge >= 0.3 is 0 Å². The molecule has 2 aromatic rings. The molecular formula is C12H15N5O. The van der Waals surface area contributed by atoms with Crippen LogP contribution < -0.4 is 5.32 Å². The molecule has 2 heterocycles. The van der Waals surface area contributed by atoms with Crippen molar-refractivity contribution in [2.45, 2.75) is 20.4 Å². The van der Waals surface area contributed by atoms with Gasteiger partial charge in [-0.1, -0.05) is 0 Å². The fourth-order valence-corrected chi connectivity index (χ4v) is 1.78. The van der Waals surface area contributed by atoms with E-state index < -0.39 is 0 Å². The molecule has 0 saturated carbocycles. The summed E-state index contributed by atoms with van der Waals surface area (Å²) in [7, 11) is 1.82. The van der Waals surface area contributed by atoms with E-state index in [1.165, 1.54) is 0 Å². The van der Waals surface area contributed by atoms with Crippen LogP contribution in [0.4, 0.5) is 0 Å². The van der Waals surface area contributed by atoms with Gasteiger partial charge in [0.25, 0.3) is 5.91 Å². The number of hydrogen-bond donors (Lipinski definition) is 1. The Bertz CT molecular complexity index is 561. The predicted octanol–water partition coefficient (Wildman–Crippen LogP) is 0.757. The van der Waals surface area contributed by atoms with E-state index >= 15 is 0 Å². The number of nitrogens with one attached hydrogen (secondary N) is 1. The van der Waals surface area contributed by atoms with Crippen LogP contribution in [0.2, 0.25) is 0 Å². The van der Waals surface area contributed by atoms with Gasteiger partial charge in [-0.2, -0.15) is 5.10 Å². The van der Waals surface area contributed by atoms with Crippen molar-refractivity contribution in [3.05, 3.63) is 41.2 Å². The van der Waals surface area contributed by atoms with Crippen LogP contribution in [-0.4, -0.2) is 25.7 Å². The Balaban J connectivity index is 2.09. The average molecular weight is 245 g/mol. The summed E-state index contributed by atoms with van der Waals surface area (Å²) in [6, 6.07) is 0. The first kappa shape index (κ1) is 12.2. The second kappa shape index (κ2) is 4.95. The molecule has 94 valence electrons. The third-order valence-electron chi connectivity index (χ3n) is 2.78. The molecule has 0 spiro atoms. The molecule has 0 bridgehead atoms. The van der Waals surface area contributed by atoms with Crippen molar-refractivity contribution in [2.75, 3.05) is 0 Å². The molecule has 0 radical (unpaired) electrons. The van der Waals surface area contributed by atoms with Crippen LogP contribution in [0.3, 0.4) is 0 Å². The summed E-state index contributed by atoms with van der Waals surface area (Å²) in [6.07, 6.45) is 4.83. The molecule has 0 aromatic carbocycles. The summed E-state index contributed by atoms with van der Waals surface area (Å²) in [4.78, 5) is 20.1. The maximum absolute atomic E-state index is 12.1. The van der Waals surface area contributed by atoms with Crippen molar-refractivity contribution in [3.8, 4) is 0 Å². The summed E-state index contributed by atoms with van der Waals surface area (Å²) in [5.74, 6) is -0.135. The minimum atomic E-state index is -0.135. The van der Waals surface area contributed by atoms with E-state index in [1.807, 2.05) is 20.9 Å². The second-order valence-corrected chi connectivity index (χ2v) is 4.05. The lowest BCUT2D eigenvalue weighted by atomic mass is 10.2. The zero-order chi connectivity index (χ0) is 13.1. The molecule has 0 unspecified atom stereocenters. The SMILES string of the molecule is Cc1nn(C)c(C)c1C(=O)NCc1cnccn1. The van der Waals surface area contributed by atoms with E-state index in [0.717, 1.165) is 17.1 Å². The van der Waals surface area contributed by atoms with Gasteiger partial charge < -0.3 is 5.32 Å². The first-order chi connectivity index (χ1) is 8.59. The van der Waals surface area contributed by atoms with E-state index in [2.05, 4.69) is 20.4 Å². The van der Waals surface area contributed by atoms with Gasteiger partial charge in [-0.15, -0.1) is 0 Å². The number of carbonyl (C=O) groups excluding carboxylic acids is 1. The molecule has 0 aliphatic heterocycles. The second-order valence-electron chi connectivity index (χ2n) is 4.05. The van der Waals surface area contributed by atoms with Gasteiger partial charge in [0.05, 0.1) is 29.7 Å². The molecule has 0 atom stereocenters. The first-order valence-electron chi connectivity index (χ1n) is 5.63. The van der Waals surface area contributed by atoms with E-state index in [1.54, 1.807) is 23.3 Å². The van der Waals surface area contributed by atoms with E-state index in [4.69, 9.17) is 0 Å². The molecule has 2 aromatic heterocycles. The van der Waals surface area contributed by atoms with Crippen molar-refractivity contribution in [2.24, 2.45) is 7.05 Å². The molecule has 2 rings (SSSR count). The molecule has 0 saturated heterocycles. The number of aryl methyl sites for hydroxylation is 2. The molecule has 1 amide bonds. The molecule has 1 N–H and O–H groups in total. The molecule has 0 aliphatic rings. The molecule has 6 nitrogen and oxygen atoms in total. The predicted molar refractivity (Wildman–Crippen MR) is 65.9 cm³/mol. The molecule has 18 heavy (non-hydrogen) atoms. The smallest absolute Gasteiger partial charge is 0.255 e. The summed E-state index contributed by atoms with van der Waals surface area (Å²) in [6.45, 7) is 4.06. The van der Waals surface area contributed by atoms with E-state index in [0.29, 0.717) is 12.1 Å². The van der Waals surface area contributed by atoms with Crippen molar-refractivity contribution in [3.63, 3.8) is 0 Å². The number of carbonyl (C=O) groups is 1. The number of amides is 1. The molecular weight excluding hydrogens is 230 g/mol. The Hall–Kier alpha value is -2.24. The lowest BCUT2D eigenvalue weighted by Crippen LogP contribution is -2.24. The van der Waals surface area contributed by atoms with Crippen molar-refractivity contribution in [1.29, 1.82) is 0 Å². The number of rotatable bonds is 3. The number of hydrogen-bond acceptors (Lipinski definition) is 4. The third kappa shape index (κ3) is 2.37.